The first-order valence-electron chi connectivity index (χ1n) is 9.79. The van der Waals surface area contributed by atoms with Crippen molar-refractivity contribution < 1.29 is 14.3 Å². The number of hydrogen-bond donors (Lipinski definition) is 1. The number of thioether (sulfide) groups is 1. The summed E-state index contributed by atoms with van der Waals surface area (Å²) in [4.78, 5) is 30.1. The molecule has 3 rings (SSSR count). The van der Waals surface area contributed by atoms with E-state index in [2.05, 4.69) is 10.3 Å². The molecule has 0 unspecified atom stereocenters. The van der Waals surface area contributed by atoms with E-state index in [9.17, 15) is 9.59 Å². The summed E-state index contributed by atoms with van der Waals surface area (Å²) in [7, 11) is 0. The van der Waals surface area contributed by atoms with Gasteiger partial charge in [-0.25, -0.2) is 9.78 Å². The summed E-state index contributed by atoms with van der Waals surface area (Å²) < 4.78 is 5.31. The van der Waals surface area contributed by atoms with Crippen LogP contribution in [0.15, 0.2) is 58.3 Å². The lowest BCUT2D eigenvalue weighted by Gasteiger charge is -2.14. The van der Waals surface area contributed by atoms with Crippen LogP contribution in [0.2, 0.25) is 0 Å². The number of amides is 1. The molecule has 0 spiro atoms. The largest absolute Gasteiger partial charge is 0.452 e. The smallest absolute Gasteiger partial charge is 0.339 e. The van der Waals surface area contributed by atoms with Gasteiger partial charge in [0, 0.05) is 21.7 Å². The van der Waals surface area contributed by atoms with E-state index < -0.39 is 5.97 Å². The van der Waals surface area contributed by atoms with E-state index in [0.29, 0.717) is 11.3 Å². The summed E-state index contributed by atoms with van der Waals surface area (Å²) in [6.45, 7) is 3.76. The van der Waals surface area contributed by atoms with Crippen LogP contribution in [0.3, 0.4) is 0 Å². The average Bonchev–Trinajstić information content (AvgIpc) is 3.30. The molecule has 5 nitrogen and oxygen atoms in total. The van der Waals surface area contributed by atoms with E-state index in [-0.39, 0.29) is 12.5 Å². The molecule has 0 aliphatic heterocycles. The van der Waals surface area contributed by atoms with E-state index in [1.165, 1.54) is 11.8 Å². The number of nitrogens with one attached hydrogen (secondary N) is 1. The van der Waals surface area contributed by atoms with Gasteiger partial charge in [-0.3, -0.25) is 4.79 Å². The maximum atomic E-state index is 12.6. The minimum absolute atomic E-state index is 0.328. The summed E-state index contributed by atoms with van der Waals surface area (Å²) >= 11 is 3.06. The molecule has 7 heteroatoms. The van der Waals surface area contributed by atoms with Gasteiger partial charge in [0.15, 0.2) is 6.61 Å². The highest BCUT2D eigenvalue weighted by Crippen LogP contribution is 2.27. The normalized spacial score (nSPS) is 10.6. The molecule has 1 heterocycles. The van der Waals surface area contributed by atoms with Crippen LogP contribution in [0.1, 0.15) is 41.0 Å². The summed E-state index contributed by atoms with van der Waals surface area (Å²) in [5.74, 6) is -0.181. The van der Waals surface area contributed by atoms with E-state index in [1.807, 2.05) is 49.6 Å². The molecular weight excluding hydrogens is 416 g/mol. The molecule has 1 N–H and O–H groups in total. The quantitative estimate of drug-likeness (QED) is 0.359. The first kappa shape index (κ1) is 22.1. The van der Waals surface area contributed by atoms with Crippen LogP contribution in [-0.4, -0.2) is 23.5 Å². The minimum atomic E-state index is -0.508. The third-order valence-electron chi connectivity index (χ3n) is 4.56. The second-order valence-electron chi connectivity index (χ2n) is 6.55. The van der Waals surface area contributed by atoms with Crippen LogP contribution in [0.25, 0.3) is 0 Å². The molecule has 2 aromatic carbocycles. The van der Waals surface area contributed by atoms with Crippen molar-refractivity contribution in [2.24, 2.45) is 0 Å². The molecule has 0 atom stereocenters. The van der Waals surface area contributed by atoms with Gasteiger partial charge in [-0.15, -0.1) is 23.1 Å². The Morgan fingerprint density at radius 2 is 1.80 bits per heavy atom. The molecule has 1 aromatic heterocycles. The van der Waals surface area contributed by atoms with Crippen LogP contribution in [0.4, 0.5) is 5.69 Å². The van der Waals surface area contributed by atoms with Gasteiger partial charge in [0.1, 0.15) is 0 Å². The van der Waals surface area contributed by atoms with Gasteiger partial charge >= 0.3 is 5.97 Å². The number of aromatic nitrogens is 1. The van der Waals surface area contributed by atoms with E-state index in [0.717, 1.165) is 40.2 Å². The fourth-order valence-electron chi connectivity index (χ4n) is 3.01. The van der Waals surface area contributed by atoms with Gasteiger partial charge in [0.25, 0.3) is 5.91 Å². The number of anilines is 1. The number of carbonyl (C=O) groups is 2. The van der Waals surface area contributed by atoms with E-state index in [4.69, 9.17) is 4.74 Å². The number of para-hydroxylation sites is 1. The highest BCUT2D eigenvalue weighted by atomic mass is 32.2. The van der Waals surface area contributed by atoms with Crippen LogP contribution in [0, 0.1) is 0 Å². The highest BCUT2D eigenvalue weighted by molar-refractivity contribution is 7.98. The maximum absolute atomic E-state index is 12.6. The van der Waals surface area contributed by atoms with Crippen molar-refractivity contribution in [2.45, 2.75) is 37.3 Å². The molecule has 0 aliphatic carbocycles. The lowest BCUT2D eigenvalue weighted by molar-refractivity contribution is -0.119. The number of thiazole rings is 1. The minimum Gasteiger partial charge on any atom is -0.452 e. The zero-order valence-electron chi connectivity index (χ0n) is 17.0. The number of benzene rings is 2. The van der Waals surface area contributed by atoms with Gasteiger partial charge in [-0.1, -0.05) is 44.2 Å². The molecular formula is C23H24N2O3S2. The Kier molecular flexibility index (Phi) is 8.04. The molecule has 0 fully saturated rings. The predicted octanol–water partition coefficient (Wildman–Crippen LogP) is 5.36. The Morgan fingerprint density at radius 3 is 2.47 bits per heavy atom. The topological polar surface area (TPSA) is 68.3 Å². The Hall–Kier alpha value is -2.64. The lowest BCUT2D eigenvalue weighted by atomic mass is 10.0. The molecule has 0 saturated carbocycles. The standard InChI is InChI=1S/C23H24N2O3S2/c1-3-16-8-7-9-17(4-2)22(16)25-21(26)12-28-23(27)19-10-5-6-11-20(19)30-14-18-13-29-15-24-18/h5-11,13,15H,3-4,12,14H2,1-2H3,(H,25,26). The number of ether oxygens (including phenoxy) is 1. The second-order valence-corrected chi connectivity index (χ2v) is 8.28. The van der Waals surface area contributed by atoms with Gasteiger partial charge in [-0.05, 0) is 36.1 Å². The van der Waals surface area contributed by atoms with Crippen molar-refractivity contribution in [1.29, 1.82) is 0 Å². The zero-order valence-corrected chi connectivity index (χ0v) is 18.6. The molecule has 30 heavy (non-hydrogen) atoms. The number of nitrogens with zero attached hydrogens (tertiary/aromatic N) is 1. The molecule has 0 saturated heterocycles. The Labute approximate surface area is 184 Å². The number of rotatable bonds is 9. The van der Waals surface area contributed by atoms with Crippen molar-refractivity contribution in [3.05, 3.63) is 75.7 Å². The second kappa shape index (κ2) is 10.9. The average molecular weight is 441 g/mol. The van der Waals surface area contributed by atoms with Crippen molar-refractivity contribution in [3.8, 4) is 0 Å². The van der Waals surface area contributed by atoms with Crippen molar-refractivity contribution in [3.63, 3.8) is 0 Å². The highest BCUT2D eigenvalue weighted by Gasteiger charge is 2.16. The molecule has 3 aromatic rings. The first-order valence-corrected chi connectivity index (χ1v) is 11.7. The van der Waals surface area contributed by atoms with Crippen molar-refractivity contribution in [1.82, 2.24) is 4.98 Å². The number of esters is 1. The fourth-order valence-corrected chi connectivity index (χ4v) is 4.62. The van der Waals surface area contributed by atoms with Gasteiger partial charge < -0.3 is 10.1 Å². The van der Waals surface area contributed by atoms with Crippen LogP contribution in [0.5, 0.6) is 0 Å². The first-order chi connectivity index (χ1) is 14.6. The van der Waals surface area contributed by atoms with Crippen molar-refractivity contribution >= 4 is 40.7 Å². The Balaban J connectivity index is 1.61. The number of hydrogen-bond acceptors (Lipinski definition) is 6. The van der Waals surface area contributed by atoms with E-state index in [1.54, 1.807) is 29.0 Å². The molecule has 0 aliphatic rings. The van der Waals surface area contributed by atoms with Gasteiger partial charge in [0.2, 0.25) is 0 Å². The van der Waals surface area contributed by atoms with Crippen molar-refractivity contribution in [2.75, 3.05) is 11.9 Å². The lowest BCUT2D eigenvalue weighted by Crippen LogP contribution is -2.22. The third kappa shape index (κ3) is 5.70. The van der Waals surface area contributed by atoms with E-state index >= 15 is 0 Å². The van der Waals surface area contributed by atoms with Crippen LogP contribution in [-0.2, 0) is 28.1 Å². The third-order valence-corrected chi connectivity index (χ3v) is 6.31. The Morgan fingerprint density at radius 1 is 1.07 bits per heavy atom. The molecule has 1 amide bonds. The molecule has 156 valence electrons. The number of carbonyl (C=O) groups excluding carboxylic acids is 2. The zero-order chi connectivity index (χ0) is 21.3. The number of aryl methyl sites for hydroxylation is 2. The molecule has 0 radical (unpaired) electrons. The SMILES string of the molecule is CCc1cccc(CC)c1NC(=O)COC(=O)c1ccccc1SCc1cscn1. The summed E-state index contributed by atoms with van der Waals surface area (Å²) in [5, 5.41) is 4.90. The van der Waals surface area contributed by atoms with Crippen LogP contribution >= 0.6 is 23.1 Å². The van der Waals surface area contributed by atoms with Crippen LogP contribution < -0.4 is 5.32 Å². The summed E-state index contributed by atoms with van der Waals surface area (Å²) in [6.07, 6.45) is 1.62. The Bertz CT molecular complexity index is 981. The molecule has 0 bridgehead atoms. The fraction of sp³-hybridized carbons (Fsp3) is 0.261. The summed E-state index contributed by atoms with van der Waals surface area (Å²) in [6, 6.07) is 13.2. The monoisotopic (exact) mass is 440 g/mol. The predicted molar refractivity (Wildman–Crippen MR) is 122 cm³/mol. The van der Waals surface area contributed by atoms with Gasteiger partial charge in [-0.2, -0.15) is 0 Å². The maximum Gasteiger partial charge on any atom is 0.339 e. The van der Waals surface area contributed by atoms with Gasteiger partial charge in [0.05, 0.1) is 16.8 Å². The summed E-state index contributed by atoms with van der Waals surface area (Å²) in [5.41, 5.74) is 6.16.